The van der Waals surface area contributed by atoms with E-state index in [1.54, 1.807) is 31.2 Å². The number of urea groups is 1. The Balaban J connectivity index is 1.83. The van der Waals surface area contributed by atoms with Gasteiger partial charge in [0, 0.05) is 12.2 Å². The molecule has 0 saturated carbocycles. The van der Waals surface area contributed by atoms with Crippen LogP contribution in [0.5, 0.6) is 5.75 Å². The summed E-state index contributed by atoms with van der Waals surface area (Å²) in [6.07, 6.45) is 0. The summed E-state index contributed by atoms with van der Waals surface area (Å²) in [5.74, 6) is -1.06. The number of methoxy groups -OCH3 is 1. The maximum absolute atomic E-state index is 12.0. The SMILES string of the molecule is CCNS(=O)(=O)c1ccc(C(=O)OCC(=O)NC(=O)Nc2ccc(OC)cc2)cc1. The van der Waals surface area contributed by atoms with Crippen LogP contribution < -0.4 is 20.1 Å². The third kappa shape index (κ3) is 6.57. The fourth-order valence-electron chi connectivity index (χ4n) is 2.26. The zero-order valence-corrected chi connectivity index (χ0v) is 17.1. The topological polar surface area (TPSA) is 140 Å². The van der Waals surface area contributed by atoms with Crippen molar-refractivity contribution in [3.8, 4) is 5.75 Å². The van der Waals surface area contributed by atoms with Gasteiger partial charge >= 0.3 is 12.0 Å². The number of esters is 1. The minimum absolute atomic E-state index is 0.00570. The highest BCUT2D eigenvalue weighted by Crippen LogP contribution is 2.14. The van der Waals surface area contributed by atoms with Gasteiger partial charge in [0.2, 0.25) is 10.0 Å². The Labute approximate surface area is 173 Å². The summed E-state index contributed by atoms with van der Waals surface area (Å²) in [6, 6.07) is 10.7. The number of benzene rings is 2. The molecule has 0 atom stereocenters. The number of amides is 3. The number of carbonyl (C=O) groups excluding carboxylic acids is 3. The molecule has 0 bridgehead atoms. The number of carbonyl (C=O) groups is 3. The van der Waals surface area contributed by atoms with E-state index in [0.29, 0.717) is 11.4 Å². The molecule has 0 fully saturated rings. The zero-order valence-electron chi connectivity index (χ0n) is 16.3. The summed E-state index contributed by atoms with van der Waals surface area (Å²) in [5, 5.41) is 4.47. The van der Waals surface area contributed by atoms with Crippen molar-refractivity contribution < 1.29 is 32.3 Å². The van der Waals surface area contributed by atoms with E-state index in [-0.39, 0.29) is 17.0 Å². The van der Waals surface area contributed by atoms with Gasteiger partial charge in [-0.3, -0.25) is 10.1 Å². The van der Waals surface area contributed by atoms with Crippen molar-refractivity contribution in [1.82, 2.24) is 10.0 Å². The largest absolute Gasteiger partial charge is 0.497 e. The minimum Gasteiger partial charge on any atom is -0.497 e. The lowest BCUT2D eigenvalue weighted by atomic mass is 10.2. The first-order valence-corrected chi connectivity index (χ1v) is 10.2. The Bertz CT molecular complexity index is 1000. The van der Waals surface area contributed by atoms with Crippen LogP contribution in [0, 0.1) is 0 Å². The lowest BCUT2D eigenvalue weighted by Gasteiger charge is -2.08. The fourth-order valence-corrected chi connectivity index (χ4v) is 3.30. The molecule has 0 aliphatic heterocycles. The van der Waals surface area contributed by atoms with E-state index in [4.69, 9.17) is 9.47 Å². The predicted octanol–water partition coefficient (Wildman–Crippen LogP) is 1.50. The van der Waals surface area contributed by atoms with Crippen molar-refractivity contribution in [1.29, 1.82) is 0 Å². The van der Waals surface area contributed by atoms with E-state index in [2.05, 4.69) is 10.0 Å². The summed E-state index contributed by atoms with van der Waals surface area (Å²) in [7, 11) is -2.13. The first-order valence-electron chi connectivity index (χ1n) is 8.77. The molecule has 0 unspecified atom stereocenters. The van der Waals surface area contributed by atoms with Gasteiger partial charge in [0.25, 0.3) is 5.91 Å². The normalized spacial score (nSPS) is 10.7. The number of anilines is 1. The van der Waals surface area contributed by atoms with E-state index in [1.165, 1.54) is 31.4 Å². The van der Waals surface area contributed by atoms with Crippen LogP contribution in [0.3, 0.4) is 0 Å². The Kier molecular flexibility index (Phi) is 7.90. The maximum Gasteiger partial charge on any atom is 0.338 e. The molecule has 2 aromatic rings. The molecule has 10 nitrogen and oxygen atoms in total. The fraction of sp³-hybridized carbons (Fsp3) is 0.211. The van der Waals surface area contributed by atoms with Gasteiger partial charge in [-0.25, -0.2) is 22.7 Å². The summed E-state index contributed by atoms with van der Waals surface area (Å²) in [6.45, 7) is 1.19. The number of imide groups is 1. The van der Waals surface area contributed by atoms with Crippen molar-refractivity contribution in [2.75, 3.05) is 25.6 Å². The molecule has 2 rings (SSSR count). The predicted molar refractivity (Wildman–Crippen MR) is 108 cm³/mol. The summed E-state index contributed by atoms with van der Waals surface area (Å²) < 4.78 is 35.9. The van der Waals surface area contributed by atoms with E-state index in [1.807, 2.05) is 5.32 Å². The highest BCUT2D eigenvalue weighted by molar-refractivity contribution is 7.89. The van der Waals surface area contributed by atoms with Gasteiger partial charge in [0.15, 0.2) is 6.61 Å². The number of rotatable bonds is 8. The minimum atomic E-state index is -3.64. The van der Waals surface area contributed by atoms with Gasteiger partial charge in [-0.2, -0.15) is 0 Å². The van der Waals surface area contributed by atoms with Gasteiger partial charge < -0.3 is 14.8 Å². The van der Waals surface area contributed by atoms with Gasteiger partial charge in [-0.05, 0) is 48.5 Å². The number of hydrogen-bond acceptors (Lipinski definition) is 7. The first-order chi connectivity index (χ1) is 14.2. The van der Waals surface area contributed by atoms with E-state index < -0.39 is 34.5 Å². The molecule has 160 valence electrons. The van der Waals surface area contributed by atoms with Crippen LogP contribution in [-0.2, 0) is 19.6 Å². The van der Waals surface area contributed by atoms with Crippen molar-refractivity contribution >= 4 is 33.6 Å². The van der Waals surface area contributed by atoms with Crippen LogP contribution in [0.15, 0.2) is 53.4 Å². The molecular weight excluding hydrogens is 414 g/mol. The Morgan fingerprint density at radius 3 is 2.17 bits per heavy atom. The lowest BCUT2D eigenvalue weighted by Crippen LogP contribution is -2.37. The van der Waals surface area contributed by atoms with Crippen LogP contribution in [0.4, 0.5) is 10.5 Å². The molecule has 3 N–H and O–H groups in total. The van der Waals surface area contributed by atoms with Crippen molar-refractivity contribution in [2.24, 2.45) is 0 Å². The Morgan fingerprint density at radius 2 is 1.60 bits per heavy atom. The highest BCUT2D eigenvalue weighted by Gasteiger charge is 2.16. The zero-order chi connectivity index (χ0) is 22.1. The van der Waals surface area contributed by atoms with Crippen LogP contribution >= 0.6 is 0 Å². The molecule has 0 aromatic heterocycles. The average molecular weight is 435 g/mol. The second-order valence-corrected chi connectivity index (χ2v) is 7.60. The summed E-state index contributed by atoms with van der Waals surface area (Å²) in [4.78, 5) is 35.6. The first kappa shape index (κ1) is 22.8. The van der Waals surface area contributed by atoms with Gasteiger partial charge in [0.1, 0.15) is 5.75 Å². The lowest BCUT2D eigenvalue weighted by molar-refractivity contribution is -0.123. The third-order valence-electron chi connectivity index (χ3n) is 3.67. The van der Waals surface area contributed by atoms with Crippen LogP contribution in [-0.4, -0.2) is 46.6 Å². The highest BCUT2D eigenvalue weighted by atomic mass is 32.2. The third-order valence-corrected chi connectivity index (χ3v) is 5.23. The molecule has 11 heteroatoms. The Morgan fingerprint density at radius 1 is 0.967 bits per heavy atom. The quantitative estimate of drug-likeness (QED) is 0.534. The number of sulfonamides is 1. The van der Waals surface area contributed by atoms with Gasteiger partial charge in [-0.1, -0.05) is 6.92 Å². The van der Waals surface area contributed by atoms with E-state index in [0.717, 1.165) is 0 Å². The maximum atomic E-state index is 12.0. The number of nitrogens with one attached hydrogen (secondary N) is 3. The molecule has 0 aliphatic carbocycles. The summed E-state index contributed by atoms with van der Waals surface area (Å²) >= 11 is 0. The van der Waals surface area contributed by atoms with Crippen LogP contribution in [0.2, 0.25) is 0 Å². The second-order valence-electron chi connectivity index (χ2n) is 5.83. The molecule has 2 aromatic carbocycles. The van der Waals surface area contributed by atoms with E-state index in [9.17, 15) is 22.8 Å². The second kappa shape index (κ2) is 10.4. The van der Waals surface area contributed by atoms with E-state index >= 15 is 0 Å². The van der Waals surface area contributed by atoms with Crippen molar-refractivity contribution in [3.63, 3.8) is 0 Å². The van der Waals surface area contributed by atoms with Crippen LogP contribution in [0.1, 0.15) is 17.3 Å². The number of ether oxygens (including phenoxy) is 2. The average Bonchev–Trinajstić information content (AvgIpc) is 2.72. The molecule has 0 spiro atoms. The molecule has 0 heterocycles. The van der Waals surface area contributed by atoms with Gasteiger partial charge in [0.05, 0.1) is 17.6 Å². The molecular formula is C19H21N3O7S. The van der Waals surface area contributed by atoms with Gasteiger partial charge in [-0.15, -0.1) is 0 Å². The van der Waals surface area contributed by atoms with Crippen molar-refractivity contribution in [2.45, 2.75) is 11.8 Å². The molecule has 0 radical (unpaired) electrons. The standard InChI is InChI=1S/C19H21N3O7S/c1-3-20-30(26,27)16-10-4-13(5-11-16)18(24)29-12-17(23)22-19(25)21-14-6-8-15(28-2)9-7-14/h4-11,20H,3,12H2,1-2H3,(H2,21,22,23,25). The molecule has 0 saturated heterocycles. The Hall–Kier alpha value is -3.44. The van der Waals surface area contributed by atoms with Crippen LogP contribution in [0.25, 0.3) is 0 Å². The number of hydrogen-bond donors (Lipinski definition) is 3. The smallest absolute Gasteiger partial charge is 0.338 e. The summed E-state index contributed by atoms with van der Waals surface area (Å²) in [5.41, 5.74) is 0.492. The molecule has 30 heavy (non-hydrogen) atoms. The molecule has 0 aliphatic rings. The molecule has 3 amide bonds. The monoisotopic (exact) mass is 435 g/mol. The van der Waals surface area contributed by atoms with Crippen molar-refractivity contribution in [3.05, 3.63) is 54.1 Å².